The molecule has 24 heavy (non-hydrogen) atoms. The molecular formula is C19H23N3OS. The summed E-state index contributed by atoms with van der Waals surface area (Å²) in [5.74, 6) is 1.54. The van der Waals surface area contributed by atoms with Gasteiger partial charge in [0.2, 0.25) is 4.96 Å². The topological polar surface area (TPSA) is 39.4 Å². The lowest BCUT2D eigenvalue weighted by Gasteiger charge is -2.18. The van der Waals surface area contributed by atoms with E-state index in [4.69, 9.17) is 14.8 Å². The summed E-state index contributed by atoms with van der Waals surface area (Å²) in [5.41, 5.74) is 3.26. The highest BCUT2D eigenvalue weighted by Crippen LogP contribution is 2.36. The number of aromatic nitrogens is 3. The van der Waals surface area contributed by atoms with Crippen LogP contribution in [0, 0.1) is 6.92 Å². The van der Waals surface area contributed by atoms with Crippen LogP contribution in [0.2, 0.25) is 0 Å². The van der Waals surface area contributed by atoms with Crippen molar-refractivity contribution in [3.63, 3.8) is 0 Å². The molecule has 1 aliphatic rings. The summed E-state index contributed by atoms with van der Waals surface area (Å²) in [7, 11) is 0. The molecule has 1 aliphatic carbocycles. The lowest BCUT2D eigenvalue weighted by atomic mass is 9.90. The average Bonchev–Trinajstić information content (AvgIpc) is 3.17. The van der Waals surface area contributed by atoms with Crippen LogP contribution in [0.5, 0.6) is 5.75 Å². The van der Waals surface area contributed by atoms with Crippen LogP contribution in [0.1, 0.15) is 55.6 Å². The highest BCUT2D eigenvalue weighted by atomic mass is 32.1. The maximum absolute atomic E-state index is 5.52. The predicted octanol–water partition coefficient (Wildman–Crippen LogP) is 5.21. The van der Waals surface area contributed by atoms with E-state index in [9.17, 15) is 0 Å². The molecule has 1 fully saturated rings. The number of hydrogen-bond acceptors (Lipinski definition) is 4. The van der Waals surface area contributed by atoms with Gasteiger partial charge in [-0.1, -0.05) is 30.6 Å². The standard InChI is InChI=1S/C19H23N3OS/c1-3-23-16-11-9-14(10-12-16)17-13(2)22-19(20-17)24-18(21-22)15-7-5-4-6-8-15/h9-12,15H,3-8H2,1-2H3. The van der Waals surface area contributed by atoms with Crippen LogP contribution < -0.4 is 4.74 Å². The first-order valence-corrected chi connectivity index (χ1v) is 9.67. The molecule has 0 unspecified atom stereocenters. The Morgan fingerprint density at radius 2 is 1.92 bits per heavy atom. The Morgan fingerprint density at radius 1 is 1.17 bits per heavy atom. The van der Waals surface area contributed by atoms with E-state index in [2.05, 4.69) is 19.1 Å². The first-order valence-electron chi connectivity index (χ1n) is 8.85. The summed E-state index contributed by atoms with van der Waals surface area (Å²) < 4.78 is 7.55. The molecule has 0 aliphatic heterocycles. The number of ether oxygens (including phenoxy) is 1. The zero-order valence-electron chi connectivity index (χ0n) is 14.3. The minimum absolute atomic E-state index is 0.638. The van der Waals surface area contributed by atoms with Gasteiger partial charge in [-0.3, -0.25) is 0 Å². The summed E-state index contributed by atoms with van der Waals surface area (Å²) in [6, 6.07) is 8.16. The summed E-state index contributed by atoms with van der Waals surface area (Å²) in [6.45, 7) is 4.79. The minimum atomic E-state index is 0.638. The number of imidazole rings is 1. The third kappa shape index (κ3) is 2.81. The van der Waals surface area contributed by atoms with Crippen LogP contribution in [0.15, 0.2) is 24.3 Å². The monoisotopic (exact) mass is 341 g/mol. The molecule has 1 saturated carbocycles. The SMILES string of the molecule is CCOc1ccc(-c2nc3sc(C4CCCCC4)nn3c2C)cc1. The van der Waals surface area contributed by atoms with Gasteiger partial charge in [0.1, 0.15) is 10.8 Å². The van der Waals surface area contributed by atoms with Gasteiger partial charge in [0.15, 0.2) is 0 Å². The van der Waals surface area contributed by atoms with Crippen LogP contribution in [-0.2, 0) is 0 Å². The van der Waals surface area contributed by atoms with Gasteiger partial charge in [-0.2, -0.15) is 5.10 Å². The molecule has 0 amide bonds. The summed E-state index contributed by atoms with van der Waals surface area (Å²) in [6.07, 6.45) is 6.61. The van der Waals surface area contributed by atoms with Gasteiger partial charge in [-0.05, 0) is 51.0 Å². The normalized spacial score (nSPS) is 15.9. The van der Waals surface area contributed by atoms with Gasteiger partial charge in [-0.15, -0.1) is 0 Å². The Bertz CT molecular complexity index is 828. The second-order valence-electron chi connectivity index (χ2n) is 6.47. The molecular weight excluding hydrogens is 318 g/mol. The molecule has 2 aromatic heterocycles. The fraction of sp³-hybridized carbons (Fsp3) is 0.474. The second kappa shape index (κ2) is 6.55. The molecule has 3 aromatic rings. The van der Waals surface area contributed by atoms with Crippen molar-refractivity contribution < 1.29 is 4.74 Å². The fourth-order valence-corrected chi connectivity index (χ4v) is 4.64. The molecule has 2 heterocycles. The van der Waals surface area contributed by atoms with Crippen LogP contribution >= 0.6 is 11.3 Å². The molecule has 126 valence electrons. The van der Waals surface area contributed by atoms with Crippen LogP contribution in [0.3, 0.4) is 0 Å². The summed E-state index contributed by atoms with van der Waals surface area (Å²) >= 11 is 1.76. The van der Waals surface area contributed by atoms with Crippen molar-refractivity contribution in [3.05, 3.63) is 35.0 Å². The Morgan fingerprint density at radius 3 is 2.58 bits per heavy atom. The number of aryl methyl sites for hydroxylation is 1. The van der Waals surface area contributed by atoms with Gasteiger partial charge in [0.25, 0.3) is 0 Å². The lowest BCUT2D eigenvalue weighted by Crippen LogP contribution is -2.04. The Kier molecular flexibility index (Phi) is 4.27. The molecule has 4 nitrogen and oxygen atoms in total. The average molecular weight is 341 g/mol. The molecule has 0 N–H and O–H groups in total. The Labute approximate surface area is 146 Å². The minimum Gasteiger partial charge on any atom is -0.494 e. The van der Waals surface area contributed by atoms with Crippen molar-refractivity contribution in [1.29, 1.82) is 0 Å². The highest BCUT2D eigenvalue weighted by molar-refractivity contribution is 7.16. The van der Waals surface area contributed by atoms with E-state index in [1.807, 2.05) is 23.6 Å². The Hall–Kier alpha value is -1.88. The Balaban J connectivity index is 1.65. The van der Waals surface area contributed by atoms with E-state index in [1.165, 1.54) is 37.1 Å². The van der Waals surface area contributed by atoms with Crippen LogP contribution in [0.25, 0.3) is 16.2 Å². The van der Waals surface area contributed by atoms with E-state index in [0.29, 0.717) is 12.5 Å². The van der Waals surface area contributed by atoms with Crippen molar-refractivity contribution in [2.24, 2.45) is 0 Å². The molecule has 0 spiro atoms. The van der Waals surface area contributed by atoms with Crippen LogP contribution in [-0.4, -0.2) is 21.2 Å². The van der Waals surface area contributed by atoms with Gasteiger partial charge in [0.05, 0.1) is 18.0 Å². The van der Waals surface area contributed by atoms with Crippen molar-refractivity contribution in [2.45, 2.75) is 51.9 Å². The largest absolute Gasteiger partial charge is 0.494 e. The van der Waals surface area contributed by atoms with Gasteiger partial charge >= 0.3 is 0 Å². The van der Waals surface area contributed by atoms with Gasteiger partial charge in [-0.25, -0.2) is 9.50 Å². The number of rotatable bonds is 4. The van der Waals surface area contributed by atoms with Crippen molar-refractivity contribution in [3.8, 4) is 17.0 Å². The smallest absolute Gasteiger partial charge is 0.212 e. The molecule has 5 heteroatoms. The number of benzene rings is 1. The second-order valence-corrected chi connectivity index (χ2v) is 7.46. The van der Waals surface area contributed by atoms with E-state index in [-0.39, 0.29) is 0 Å². The zero-order chi connectivity index (χ0) is 16.5. The third-order valence-electron chi connectivity index (χ3n) is 4.84. The van der Waals surface area contributed by atoms with E-state index in [1.54, 1.807) is 11.3 Å². The molecule has 0 saturated heterocycles. The van der Waals surface area contributed by atoms with E-state index >= 15 is 0 Å². The van der Waals surface area contributed by atoms with Gasteiger partial charge < -0.3 is 4.74 Å². The molecule has 0 bridgehead atoms. The van der Waals surface area contributed by atoms with Crippen molar-refractivity contribution in [2.75, 3.05) is 6.61 Å². The summed E-state index contributed by atoms with van der Waals surface area (Å²) in [4.78, 5) is 5.86. The van der Waals surface area contributed by atoms with E-state index in [0.717, 1.165) is 27.7 Å². The number of hydrogen-bond donors (Lipinski definition) is 0. The van der Waals surface area contributed by atoms with Gasteiger partial charge in [0, 0.05) is 11.5 Å². The summed E-state index contributed by atoms with van der Waals surface area (Å²) in [5, 5.41) is 6.14. The first kappa shape index (κ1) is 15.6. The van der Waals surface area contributed by atoms with Crippen molar-refractivity contribution in [1.82, 2.24) is 14.6 Å². The lowest BCUT2D eigenvalue weighted by molar-refractivity contribution is 0.340. The predicted molar refractivity (Wildman–Crippen MR) is 98.0 cm³/mol. The van der Waals surface area contributed by atoms with Crippen LogP contribution in [0.4, 0.5) is 0 Å². The quantitative estimate of drug-likeness (QED) is 0.654. The maximum atomic E-state index is 5.52. The maximum Gasteiger partial charge on any atom is 0.212 e. The molecule has 4 rings (SSSR count). The van der Waals surface area contributed by atoms with Crippen molar-refractivity contribution >= 4 is 16.3 Å². The zero-order valence-corrected chi connectivity index (χ0v) is 15.1. The number of nitrogens with zero attached hydrogens (tertiary/aromatic N) is 3. The fourth-order valence-electron chi connectivity index (χ4n) is 3.53. The molecule has 0 radical (unpaired) electrons. The molecule has 0 atom stereocenters. The third-order valence-corrected chi connectivity index (χ3v) is 5.91. The highest BCUT2D eigenvalue weighted by Gasteiger charge is 2.22. The van der Waals surface area contributed by atoms with E-state index < -0.39 is 0 Å². The molecule has 1 aromatic carbocycles. The first-order chi connectivity index (χ1) is 11.8. The number of fused-ring (bicyclic) bond motifs is 1.